The van der Waals surface area contributed by atoms with Crippen molar-refractivity contribution in [3.8, 4) is 0 Å². The van der Waals surface area contributed by atoms with Crippen molar-refractivity contribution >= 4 is 22.5 Å². The minimum atomic E-state index is -0.430. The number of carbonyl (C=O) groups excluding carboxylic acids is 1. The molecule has 1 aliphatic rings. The Morgan fingerprint density at radius 1 is 1.42 bits per heavy atom. The molecule has 0 saturated carbocycles. The first-order valence-electron chi connectivity index (χ1n) is 6.31. The number of ether oxygens (including phenoxy) is 1. The molecule has 1 amide bonds. The lowest BCUT2D eigenvalue weighted by Crippen LogP contribution is -2.45. The van der Waals surface area contributed by atoms with Crippen LogP contribution in [0.1, 0.15) is 0 Å². The number of amides is 1. The fourth-order valence-electron chi connectivity index (χ4n) is 2.10. The normalized spacial score (nSPS) is 19.3. The van der Waals surface area contributed by atoms with Gasteiger partial charge in [-0.3, -0.25) is 9.78 Å². The van der Waals surface area contributed by atoms with Gasteiger partial charge >= 0.3 is 0 Å². The zero-order valence-corrected chi connectivity index (χ0v) is 10.4. The van der Waals surface area contributed by atoms with E-state index in [-0.39, 0.29) is 5.91 Å². The van der Waals surface area contributed by atoms with E-state index in [1.54, 1.807) is 6.20 Å². The Morgan fingerprint density at radius 3 is 3.16 bits per heavy atom. The molecule has 1 aromatic heterocycles. The summed E-state index contributed by atoms with van der Waals surface area (Å²) in [6, 6.07) is 9.71. The van der Waals surface area contributed by atoms with Crippen LogP contribution >= 0.6 is 0 Å². The number of aromatic nitrogens is 1. The molecule has 1 unspecified atom stereocenters. The maximum absolute atomic E-state index is 12.0. The molecule has 1 saturated heterocycles. The van der Waals surface area contributed by atoms with E-state index < -0.39 is 6.10 Å². The number of nitrogens with zero attached hydrogens (tertiary/aromatic N) is 1. The maximum atomic E-state index is 12.0. The van der Waals surface area contributed by atoms with Crippen LogP contribution in [0.3, 0.4) is 0 Å². The van der Waals surface area contributed by atoms with Gasteiger partial charge in [0.15, 0.2) is 0 Å². The molecule has 3 rings (SSSR count). The van der Waals surface area contributed by atoms with Gasteiger partial charge in [0.05, 0.1) is 24.0 Å². The second-order valence-electron chi connectivity index (χ2n) is 4.47. The SMILES string of the molecule is O=C(Nc1cnc2ccccc2c1)C1CNCCO1. The van der Waals surface area contributed by atoms with E-state index in [4.69, 9.17) is 4.74 Å². The molecular weight excluding hydrogens is 242 g/mol. The highest BCUT2D eigenvalue weighted by atomic mass is 16.5. The van der Waals surface area contributed by atoms with Crippen molar-refractivity contribution in [1.82, 2.24) is 10.3 Å². The number of anilines is 1. The highest BCUT2D eigenvalue weighted by Gasteiger charge is 2.21. The quantitative estimate of drug-likeness (QED) is 0.847. The molecule has 5 heteroatoms. The summed E-state index contributed by atoms with van der Waals surface area (Å²) in [6.45, 7) is 1.90. The maximum Gasteiger partial charge on any atom is 0.254 e. The molecule has 1 aliphatic heterocycles. The van der Waals surface area contributed by atoms with Crippen LogP contribution in [0, 0.1) is 0 Å². The summed E-state index contributed by atoms with van der Waals surface area (Å²) in [4.78, 5) is 16.3. The largest absolute Gasteiger partial charge is 0.366 e. The van der Waals surface area contributed by atoms with Crippen molar-refractivity contribution in [2.24, 2.45) is 0 Å². The lowest BCUT2D eigenvalue weighted by molar-refractivity contribution is -0.128. The predicted octanol–water partition coefficient (Wildman–Crippen LogP) is 1.16. The van der Waals surface area contributed by atoms with E-state index in [0.717, 1.165) is 17.4 Å². The Kier molecular flexibility index (Phi) is 3.39. The molecule has 1 atom stereocenters. The molecule has 1 fully saturated rings. The first-order chi connectivity index (χ1) is 9.33. The van der Waals surface area contributed by atoms with E-state index in [9.17, 15) is 4.79 Å². The van der Waals surface area contributed by atoms with E-state index in [1.165, 1.54) is 0 Å². The Morgan fingerprint density at radius 2 is 2.32 bits per heavy atom. The molecule has 0 bridgehead atoms. The van der Waals surface area contributed by atoms with Crippen LogP contribution in [0.4, 0.5) is 5.69 Å². The van der Waals surface area contributed by atoms with E-state index >= 15 is 0 Å². The zero-order chi connectivity index (χ0) is 13.1. The first-order valence-corrected chi connectivity index (χ1v) is 6.31. The molecule has 0 radical (unpaired) electrons. The number of pyridine rings is 1. The number of hydrogen-bond donors (Lipinski definition) is 2. The van der Waals surface area contributed by atoms with Crippen LogP contribution in [0.15, 0.2) is 36.5 Å². The van der Waals surface area contributed by atoms with Gasteiger partial charge in [0.1, 0.15) is 6.10 Å². The number of carbonyl (C=O) groups is 1. The lowest BCUT2D eigenvalue weighted by Gasteiger charge is -2.22. The third-order valence-electron chi connectivity index (χ3n) is 3.08. The van der Waals surface area contributed by atoms with Gasteiger partial charge in [-0.25, -0.2) is 0 Å². The summed E-state index contributed by atoms with van der Waals surface area (Å²) in [6.07, 6.45) is 1.23. The van der Waals surface area contributed by atoms with E-state index in [0.29, 0.717) is 18.8 Å². The van der Waals surface area contributed by atoms with Gasteiger partial charge in [0, 0.05) is 18.5 Å². The zero-order valence-electron chi connectivity index (χ0n) is 10.4. The van der Waals surface area contributed by atoms with Crippen LogP contribution in [0.2, 0.25) is 0 Å². The second kappa shape index (κ2) is 5.34. The highest BCUT2D eigenvalue weighted by molar-refractivity contribution is 5.96. The summed E-state index contributed by atoms with van der Waals surface area (Å²) in [5, 5.41) is 6.97. The summed E-state index contributed by atoms with van der Waals surface area (Å²) in [5.41, 5.74) is 1.61. The predicted molar refractivity (Wildman–Crippen MR) is 73.0 cm³/mol. The van der Waals surface area contributed by atoms with Gasteiger partial charge in [0.25, 0.3) is 5.91 Å². The third kappa shape index (κ3) is 2.72. The molecule has 2 heterocycles. The second-order valence-corrected chi connectivity index (χ2v) is 4.47. The van der Waals surface area contributed by atoms with Crippen molar-refractivity contribution < 1.29 is 9.53 Å². The molecule has 2 N–H and O–H groups in total. The van der Waals surface area contributed by atoms with Crippen LogP contribution in [0.5, 0.6) is 0 Å². The number of benzene rings is 1. The molecule has 2 aromatic rings. The van der Waals surface area contributed by atoms with Crippen molar-refractivity contribution in [2.45, 2.75) is 6.10 Å². The molecule has 19 heavy (non-hydrogen) atoms. The molecule has 0 aliphatic carbocycles. The number of rotatable bonds is 2. The Bertz CT molecular complexity index is 594. The minimum absolute atomic E-state index is 0.135. The Hall–Kier alpha value is -1.98. The van der Waals surface area contributed by atoms with Crippen LogP contribution in [-0.2, 0) is 9.53 Å². The number of para-hydroxylation sites is 1. The van der Waals surface area contributed by atoms with Crippen molar-refractivity contribution in [2.75, 3.05) is 25.0 Å². The van der Waals surface area contributed by atoms with Crippen LogP contribution in [-0.4, -0.2) is 36.7 Å². The number of hydrogen-bond acceptors (Lipinski definition) is 4. The average molecular weight is 257 g/mol. The van der Waals surface area contributed by atoms with E-state index in [2.05, 4.69) is 15.6 Å². The van der Waals surface area contributed by atoms with Gasteiger partial charge in [-0.05, 0) is 12.1 Å². The Labute approximate surface area is 111 Å². The standard InChI is InChI=1S/C14H15N3O2/c18-14(13-9-15-5-6-19-13)17-11-7-10-3-1-2-4-12(10)16-8-11/h1-4,7-8,13,15H,5-6,9H2,(H,17,18). The van der Waals surface area contributed by atoms with Crippen molar-refractivity contribution in [1.29, 1.82) is 0 Å². The summed E-state index contributed by atoms with van der Waals surface area (Å²) < 4.78 is 5.40. The Balaban J connectivity index is 1.75. The number of fused-ring (bicyclic) bond motifs is 1. The van der Waals surface area contributed by atoms with Crippen LogP contribution in [0.25, 0.3) is 10.9 Å². The fraction of sp³-hybridized carbons (Fsp3) is 0.286. The van der Waals surface area contributed by atoms with Crippen LogP contribution < -0.4 is 10.6 Å². The molecule has 5 nitrogen and oxygen atoms in total. The highest BCUT2D eigenvalue weighted by Crippen LogP contribution is 2.16. The van der Waals surface area contributed by atoms with E-state index in [1.807, 2.05) is 30.3 Å². The van der Waals surface area contributed by atoms with Crippen molar-refractivity contribution in [3.05, 3.63) is 36.5 Å². The summed E-state index contributed by atoms with van der Waals surface area (Å²) in [5.74, 6) is -0.135. The fourth-order valence-corrected chi connectivity index (χ4v) is 2.10. The smallest absolute Gasteiger partial charge is 0.254 e. The van der Waals surface area contributed by atoms with Gasteiger partial charge in [-0.1, -0.05) is 18.2 Å². The van der Waals surface area contributed by atoms with Gasteiger partial charge < -0.3 is 15.4 Å². The van der Waals surface area contributed by atoms with Gasteiger partial charge in [-0.15, -0.1) is 0 Å². The molecule has 1 aromatic carbocycles. The van der Waals surface area contributed by atoms with Gasteiger partial charge in [0.2, 0.25) is 0 Å². The monoisotopic (exact) mass is 257 g/mol. The molecule has 0 spiro atoms. The number of nitrogens with one attached hydrogen (secondary N) is 2. The number of morpholine rings is 1. The van der Waals surface area contributed by atoms with Gasteiger partial charge in [-0.2, -0.15) is 0 Å². The molecule has 98 valence electrons. The lowest BCUT2D eigenvalue weighted by atomic mass is 10.2. The summed E-state index contributed by atoms with van der Waals surface area (Å²) >= 11 is 0. The minimum Gasteiger partial charge on any atom is -0.366 e. The topological polar surface area (TPSA) is 63.2 Å². The van der Waals surface area contributed by atoms with Crippen molar-refractivity contribution in [3.63, 3.8) is 0 Å². The third-order valence-corrected chi connectivity index (χ3v) is 3.08. The average Bonchev–Trinajstić information content (AvgIpc) is 2.48. The first kappa shape index (κ1) is 12.1. The summed E-state index contributed by atoms with van der Waals surface area (Å²) in [7, 11) is 0. The molecular formula is C14H15N3O2.